The summed E-state index contributed by atoms with van der Waals surface area (Å²) >= 11 is 6.01. The van der Waals surface area contributed by atoms with Gasteiger partial charge in [-0.1, -0.05) is 17.7 Å². The lowest BCUT2D eigenvalue weighted by molar-refractivity contribution is 0.0698. The second-order valence-corrected chi connectivity index (χ2v) is 6.37. The van der Waals surface area contributed by atoms with Crippen molar-refractivity contribution in [1.82, 2.24) is 9.21 Å². The molecule has 2 rings (SSSR count). The summed E-state index contributed by atoms with van der Waals surface area (Å²) in [5, 5.41) is 5.26. The van der Waals surface area contributed by atoms with Crippen molar-refractivity contribution in [2.24, 2.45) is 5.14 Å². The maximum atomic E-state index is 12.3. The number of hydrogen-bond acceptors (Lipinski definition) is 4. The molecule has 0 aromatic heterocycles. The van der Waals surface area contributed by atoms with Gasteiger partial charge in [-0.05, 0) is 12.1 Å². The summed E-state index contributed by atoms with van der Waals surface area (Å²) in [6, 6.07) is 4.85. The molecule has 1 amide bonds. The van der Waals surface area contributed by atoms with E-state index >= 15 is 0 Å². The van der Waals surface area contributed by atoms with Crippen LogP contribution in [0.5, 0.6) is 0 Å². The molecule has 20 heavy (non-hydrogen) atoms. The van der Waals surface area contributed by atoms with Crippen LogP contribution in [0.25, 0.3) is 0 Å². The van der Waals surface area contributed by atoms with Gasteiger partial charge in [0.1, 0.15) is 0 Å². The van der Waals surface area contributed by atoms with Crippen molar-refractivity contribution in [2.45, 2.75) is 0 Å². The third-order valence-electron chi connectivity index (χ3n) is 3.14. The van der Waals surface area contributed by atoms with Crippen molar-refractivity contribution in [3.05, 3.63) is 28.8 Å². The normalized spacial score (nSPS) is 17.2. The molecule has 0 bridgehead atoms. The minimum absolute atomic E-state index is 0.171. The van der Waals surface area contributed by atoms with E-state index in [0.29, 0.717) is 11.3 Å². The van der Waals surface area contributed by atoms with Crippen LogP contribution in [0.2, 0.25) is 5.02 Å². The number of hydrogen-bond donors (Lipinski definition) is 2. The van der Waals surface area contributed by atoms with Crippen LogP contribution in [-0.2, 0) is 10.2 Å². The first-order chi connectivity index (χ1) is 9.30. The van der Waals surface area contributed by atoms with Crippen molar-refractivity contribution >= 4 is 33.4 Å². The minimum Gasteiger partial charge on any atom is -0.398 e. The van der Waals surface area contributed by atoms with Crippen LogP contribution >= 0.6 is 11.6 Å². The summed E-state index contributed by atoms with van der Waals surface area (Å²) in [5.74, 6) is -0.267. The largest absolute Gasteiger partial charge is 0.398 e. The van der Waals surface area contributed by atoms with E-state index in [1.54, 1.807) is 18.2 Å². The molecule has 0 aliphatic carbocycles. The molecule has 0 radical (unpaired) electrons. The highest BCUT2D eigenvalue weighted by Gasteiger charge is 2.27. The Hall–Kier alpha value is -1.35. The number of anilines is 1. The first-order valence-electron chi connectivity index (χ1n) is 5.92. The molecule has 1 heterocycles. The van der Waals surface area contributed by atoms with Gasteiger partial charge in [-0.3, -0.25) is 4.79 Å². The summed E-state index contributed by atoms with van der Waals surface area (Å²) in [6.07, 6.45) is 0. The minimum atomic E-state index is -3.71. The van der Waals surface area contributed by atoms with Crippen LogP contribution in [-0.4, -0.2) is 49.7 Å². The van der Waals surface area contributed by atoms with Crippen molar-refractivity contribution in [1.29, 1.82) is 0 Å². The molecule has 0 atom stereocenters. The maximum absolute atomic E-state index is 12.3. The number of nitrogens with zero attached hydrogens (tertiary/aromatic N) is 2. The zero-order valence-corrected chi connectivity index (χ0v) is 12.2. The van der Waals surface area contributed by atoms with Gasteiger partial charge in [0.2, 0.25) is 0 Å². The summed E-state index contributed by atoms with van der Waals surface area (Å²) in [6.45, 7) is 0.871. The lowest BCUT2D eigenvalue weighted by Gasteiger charge is -2.33. The third-order valence-corrected chi connectivity index (χ3v) is 4.65. The topological polar surface area (TPSA) is 110 Å². The summed E-state index contributed by atoms with van der Waals surface area (Å²) in [7, 11) is -3.71. The molecule has 1 aliphatic heterocycles. The van der Waals surface area contributed by atoms with E-state index in [9.17, 15) is 13.2 Å². The average Bonchev–Trinajstić information content (AvgIpc) is 2.40. The lowest BCUT2D eigenvalue weighted by Crippen LogP contribution is -2.52. The molecule has 1 aliphatic rings. The molecule has 9 heteroatoms. The number of benzene rings is 1. The molecule has 0 saturated carbocycles. The van der Waals surface area contributed by atoms with Gasteiger partial charge < -0.3 is 10.6 Å². The van der Waals surface area contributed by atoms with Gasteiger partial charge in [0.05, 0.1) is 16.3 Å². The molecular formula is C11H15ClN4O3S. The Bertz CT molecular complexity index is 627. The van der Waals surface area contributed by atoms with Gasteiger partial charge >= 0.3 is 0 Å². The van der Waals surface area contributed by atoms with Crippen LogP contribution in [0.3, 0.4) is 0 Å². The molecule has 1 aromatic rings. The highest BCUT2D eigenvalue weighted by Crippen LogP contribution is 2.24. The fourth-order valence-corrected chi connectivity index (χ4v) is 2.91. The van der Waals surface area contributed by atoms with E-state index in [-0.39, 0.29) is 37.1 Å². The number of carbonyl (C=O) groups is 1. The zero-order valence-electron chi connectivity index (χ0n) is 10.6. The van der Waals surface area contributed by atoms with E-state index < -0.39 is 10.2 Å². The molecule has 7 nitrogen and oxygen atoms in total. The number of halogens is 1. The van der Waals surface area contributed by atoms with Crippen molar-refractivity contribution < 1.29 is 13.2 Å². The van der Waals surface area contributed by atoms with Crippen LogP contribution in [0, 0.1) is 0 Å². The van der Waals surface area contributed by atoms with Crippen molar-refractivity contribution in [3.63, 3.8) is 0 Å². The Kier molecular flexibility index (Phi) is 4.19. The SMILES string of the molecule is Nc1cccc(C(=O)N2CCN(S(N)(=O)=O)CC2)c1Cl. The number of carbonyl (C=O) groups excluding carboxylic acids is 1. The molecule has 1 saturated heterocycles. The van der Waals surface area contributed by atoms with Gasteiger partial charge in [-0.25, -0.2) is 5.14 Å². The van der Waals surface area contributed by atoms with E-state index in [4.69, 9.17) is 22.5 Å². The molecule has 4 N–H and O–H groups in total. The second kappa shape index (κ2) is 5.57. The quantitative estimate of drug-likeness (QED) is 0.741. The Morgan fingerprint density at radius 2 is 1.80 bits per heavy atom. The Balaban J connectivity index is 2.11. The molecule has 110 valence electrons. The van der Waals surface area contributed by atoms with Crippen molar-refractivity contribution in [2.75, 3.05) is 31.9 Å². The average molecular weight is 319 g/mol. The van der Waals surface area contributed by atoms with E-state index in [1.165, 1.54) is 4.90 Å². The number of nitrogens with two attached hydrogens (primary N) is 2. The summed E-state index contributed by atoms with van der Waals surface area (Å²) in [4.78, 5) is 13.8. The van der Waals surface area contributed by atoms with E-state index in [0.717, 1.165) is 4.31 Å². The molecule has 0 spiro atoms. The fourth-order valence-electron chi connectivity index (χ4n) is 2.03. The monoisotopic (exact) mass is 318 g/mol. The van der Waals surface area contributed by atoms with Gasteiger partial charge in [0.15, 0.2) is 0 Å². The number of nitrogen functional groups attached to an aromatic ring is 1. The molecule has 0 unspecified atom stereocenters. The lowest BCUT2D eigenvalue weighted by atomic mass is 10.1. The highest BCUT2D eigenvalue weighted by molar-refractivity contribution is 7.86. The maximum Gasteiger partial charge on any atom is 0.277 e. The Labute approximate surface area is 122 Å². The third kappa shape index (κ3) is 3.04. The molecule has 1 aromatic carbocycles. The van der Waals surface area contributed by atoms with Crippen LogP contribution in [0.1, 0.15) is 10.4 Å². The number of rotatable bonds is 2. The van der Waals surface area contributed by atoms with E-state index in [2.05, 4.69) is 0 Å². The van der Waals surface area contributed by atoms with Crippen LogP contribution in [0.15, 0.2) is 18.2 Å². The Morgan fingerprint density at radius 3 is 2.35 bits per heavy atom. The first kappa shape index (κ1) is 15.0. The van der Waals surface area contributed by atoms with Gasteiger partial charge in [-0.2, -0.15) is 12.7 Å². The van der Waals surface area contributed by atoms with Gasteiger partial charge in [-0.15, -0.1) is 0 Å². The predicted octanol–water partition coefficient (Wildman–Crippen LogP) is -0.117. The zero-order chi connectivity index (χ0) is 14.9. The summed E-state index contributed by atoms with van der Waals surface area (Å²) < 4.78 is 23.5. The standard InChI is InChI=1S/C11H15ClN4O3S/c12-10-8(2-1-3-9(10)13)11(17)15-4-6-16(7-5-15)20(14,18)19/h1-3H,4-7,13H2,(H2,14,18,19). The number of piperazine rings is 1. The van der Waals surface area contributed by atoms with Gasteiger partial charge in [0, 0.05) is 26.2 Å². The first-order valence-corrected chi connectivity index (χ1v) is 7.80. The molecular weight excluding hydrogens is 304 g/mol. The Morgan fingerprint density at radius 1 is 1.20 bits per heavy atom. The fraction of sp³-hybridized carbons (Fsp3) is 0.364. The second-order valence-electron chi connectivity index (χ2n) is 4.44. The summed E-state index contributed by atoms with van der Waals surface area (Å²) in [5.41, 5.74) is 6.31. The smallest absolute Gasteiger partial charge is 0.277 e. The predicted molar refractivity (Wildman–Crippen MR) is 76.4 cm³/mol. The van der Waals surface area contributed by atoms with E-state index in [1.807, 2.05) is 0 Å². The van der Waals surface area contributed by atoms with Gasteiger partial charge in [0.25, 0.3) is 16.1 Å². The highest BCUT2D eigenvalue weighted by atomic mass is 35.5. The van der Waals surface area contributed by atoms with Crippen molar-refractivity contribution in [3.8, 4) is 0 Å². The number of amides is 1. The molecule has 1 fully saturated rings. The van der Waals surface area contributed by atoms with Crippen LogP contribution in [0.4, 0.5) is 5.69 Å². The van der Waals surface area contributed by atoms with Crippen LogP contribution < -0.4 is 10.9 Å².